The van der Waals surface area contributed by atoms with Crippen molar-refractivity contribution in [2.24, 2.45) is 17.2 Å². The summed E-state index contributed by atoms with van der Waals surface area (Å²) in [7, 11) is -1.40. The molecule has 0 aliphatic carbocycles. The van der Waals surface area contributed by atoms with E-state index in [4.69, 9.17) is 21.9 Å². The normalized spacial score (nSPS) is 15.1. The fraction of sp³-hybridized carbons (Fsp3) is 0.550. The van der Waals surface area contributed by atoms with Crippen LogP contribution in [0.15, 0.2) is 12.1 Å². The number of anilines is 1. The molecule has 2 rings (SSSR count). The number of fused-ring (bicyclic) bond motifs is 1. The summed E-state index contributed by atoms with van der Waals surface area (Å²) in [6, 6.07) is 1.64. The average Bonchev–Trinajstić information content (AvgIpc) is 2.99. The molecule has 9 N–H and O–H groups in total. The predicted molar refractivity (Wildman–Crippen MR) is 122 cm³/mol. The maximum Gasteiger partial charge on any atom is 0.494 e. The zero-order chi connectivity index (χ0) is 24.8. The lowest BCUT2D eigenvalue weighted by Gasteiger charge is -2.22. The van der Waals surface area contributed by atoms with E-state index < -0.39 is 42.9 Å². The zero-order valence-corrected chi connectivity index (χ0v) is 18.9. The van der Waals surface area contributed by atoms with E-state index in [-0.39, 0.29) is 29.9 Å². The van der Waals surface area contributed by atoms with Crippen molar-refractivity contribution in [2.45, 2.75) is 38.3 Å². The molecule has 1 aliphatic rings. The van der Waals surface area contributed by atoms with Crippen molar-refractivity contribution in [2.75, 3.05) is 38.0 Å². The summed E-state index contributed by atoms with van der Waals surface area (Å²) in [5.74, 6) is -2.31. The van der Waals surface area contributed by atoms with Crippen LogP contribution in [-0.4, -0.2) is 73.5 Å². The molecule has 11 nitrogen and oxygen atoms in total. The smallest absolute Gasteiger partial charge is 0.423 e. The first-order valence-corrected chi connectivity index (χ1v) is 10.7. The molecule has 1 atom stereocenters. The quantitative estimate of drug-likeness (QED) is 0.196. The molecule has 1 aromatic carbocycles. The number of nitrogens with zero attached hydrogens (tertiary/aromatic N) is 1. The molecule has 13 heteroatoms. The Morgan fingerprint density at radius 2 is 1.88 bits per heavy atom. The number of hydrogen-bond donors (Lipinski definition) is 6. The van der Waals surface area contributed by atoms with Gasteiger partial charge in [-0.05, 0) is 31.9 Å². The lowest BCUT2D eigenvalue weighted by atomic mass is 9.76. The second-order valence-corrected chi connectivity index (χ2v) is 8.23. The first kappa shape index (κ1) is 26.7. The van der Waals surface area contributed by atoms with E-state index in [0.717, 1.165) is 0 Å². The van der Waals surface area contributed by atoms with Gasteiger partial charge in [-0.25, -0.2) is 4.39 Å². The van der Waals surface area contributed by atoms with Crippen molar-refractivity contribution in [3.8, 4) is 0 Å². The fourth-order valence-electron chi connectivity index (χ4n) is 3.63. The van der Waals surface area contributed by atoms with Crippen molar-refractivity contribution >= 4 is 36.0 Å². The zero-order valence-electron chi connectivity index (χ0n) is 18.9. The van der Waals surface area contributed by atoms with Crippen LogP contribution >= 0.6 is 0 Å². The summed E-state index contributed by atoms with van der Waals surface area (Å²) in [5.41, 5.74) is 16.4. The summed E-state index contributed by atoms with van der Waals surface area (Å²) in [6.45, 7) is 4.24. The molecule has 0 fully saturated rings. The van der Waals surface area contributed by atoms with Crippen molar-refractivity contribution in [3.05, 3.63) is 23.5 Å². The lowest BCUT2D eigenvalue weighted by Crippen LogP contribution is -2.45. The molecule has 33 heavy (non-hydrogen) atoms. The van der Waals surface area contributed by atoms with E-state index in [1.165, 1.54) is 17.0 Å². The van der Waals surface area contributed by atoms with Crippen LogP contribution in [0.1, 0.15) is 32.3 Å². The van der Waals surface area contributed by atoms with Crippen molar-refractivity contribution in [1.29, 1.82) is 0 Å². The minimum absolute atomic E-state index is 0.0236. The first-order valence-electron chi connectivity index (χ1n) is 10.7. The van der Waals surface area contributed by atoms with Crippen molar-refractivity contribution in [1.82, 2.24) is 10.2 Å². The van der Waals surface area contributed by atoms with Gasteiger partial charge in [-0.3, -0.25) is 14.4 Å². The highest BCUT2D eigenvalue weighted by atomic mass is 19.1. The molecule has 0 bridgehead atoms. The van der Waals surface area contributed by atoms with Gasteiger partial charge in [0, 0.05) is 38.1 Å². The van der Waals surface area contributed by atoms with E-state index in [1.807, 2.05) is 0 Å². The number of benzene rings is 1. The van der Waals surface area contributed by atoms with Gasteiger partial charge in [-0.1, -0.05) is 6.07 Å². The van der Waals surface area contributed by atoms with Gasteiger partial charge in [0.1, 0.15) is 5.82 Å². The van der Waals surface area contributed by atoms with Gasteiger partial charge in [-0.15, -0.1) is 0 Å². The van der Waals surface area contributed by atoms with E-state index in [0.29, 0.717) is 31.7 Å². The van der Waals surface area contributed by atoms with Gasteiger partial charge in [0.2, 0.25) is 17.7 Å². The Morgan fingerprint density at radius 1 is 1.24 bits per heavy atom. The third kappa shape index (κ3) is 6.71. The third-order valence-corrected chi connectivity index (χ3v) is 5.34. The highest BCUT2D eigenvalue weighted by Crippen LogP contribution is 2.33. The predicted octanol–water partition coefficient (Wildman–Crippen LogP) is -2.31. The topological polar surface area (TPSA) is 186 Å². The van der Waals surface area contributed by atoms with Gasteiger partial charge in [0.05, 0.1) is 23.9 Å². The third-order valence-electron chi connectivity index (χ3n) is 5.34. The Hall–Kier alpha value is -2.58. The Kier molecular flexibility index (Phi) is 9.31. The van der Waals surface area contributed by atoms with Crippen LogP contribution < -0.4 is 33.3 Å². The minimum Gasteiger partial charge on any atom is -0.423 e. The Balaban J connectivity index is 1.90. The minimum atomic E-state index is -1.40. The maximum atomic E-state index is 14.4. The second-order valence-electron chi connectivity index (χ2n) is 8.23. The standard InChI is InChI=1S/C20H32BFN6O5/c1-20(2)12-3-4-13(22)18(17(12)21(32)33-20)27-15(29)11-26-19(31)14(25)5-6-16(30)28(9-7-23)10-8-24/h3-4,14,32H,5-11,23-25H2,1-2H3,(H,26,31)(H,27,29). The van der Waals surface area contributed by atoms with Crippen LogP contribution in [0.2, 0.25) is 0 Å². The van der Waals surface area contributed by atoms with Crippen LogP contribution in [0.25, 0.3) is 0 Å². The largest absolute Gasteiger partial charge is 0.494 e. The molecule has 0 radical (unpaired) electrons. The van der Waals surface area contributed by atoms with Crippen molar-refractivity contribution in [3.63, 3.8) is 0 Å². The summed E-state index contributed by atoms with van der Waals surface area (Å²) < 4.78 is 19.8. The SMILES string of the molecule is CC1(C)OB(O)c2c1ccc(F)c2NC(=O)CNC(=O)C(N)CCC(=O)N(CCN)CCN. The van der Waals surface area contributed by atoms with Gasteiger partial charge in [0.25, 0.3) is 0 Å². The number of rotatable bonds is 11. The number of nitrogens with two attached hydrogens (primary N) is 3. The summed E-state index contributed by atoms with van der Waals surface area (Å²) in [6.07, 6.45) is 0.0905. The Morgan fingerprint density at radius 3 is 2.48 bits per heavy atom. The van der Waals surface area contributed by atoms with E-state index in [1.54, 1.807) is 13.8 Å². The average molecular weight is 466 g/mol. The summed E-state index contributed by atoms with van der Waals surface area (Å²) >= 11 is 0. The molecular weight excluding hydrogens is 434 g/mol. The summed E-state index contributed by atoms with van der Waals surface area (Å²) in [4.78, 5) is 38.2. The molecular formula is C20H32BFN6O5. The molecule has 1 aromatic rings. The molecule has 1 unspecified atom stereocenters. The van der Waals surface area contributed by atoms with Crippen LogP contribution in [0.3, 0.4) is 0 Å². The summed E-state index contributed by atoms with van der Waals surface area (Å²) in [5, 5.41) is 14.9. The van der Waals surface area contributed by atoms with Crippen molar-refractivity contribution < 1.29 is 28.5 Å². The second kappa shape index (κ2) is 11.5. The maximum absolute atomic E-state index is 14.4. The monoisotopic (exact) mass is 466 g/mol. The Labute approximate surface area is 192 Å². The number of nitrogens with one attached hydrogen (secondary N) is 2. The molecule has 0 saturated heterocycles. The Bertz CT molecular complexity index is 881. The molecule has 0 aromatic heterocycles. The van der Waals surface area contributed by atoms with Crippen LogP contribution in [0.4, 0.5) is 10.1 Å². The highest BCUT2D eigenvalue weighted by molar-refractivity contribution is 6.64. The highest BCUT2D eigenvalue weighted by Gasteiger charge is 2.43. The van der Waals surface area contributed by atoms with Gasteiger partial charge in [0.15, 0.2) is 0 Å². The van der Waals surface area contributed by atoms with Gasteiger partial charge in [-0.2, -0.15) is 0 Å². The van der Waals surface area contributed by atoms with E-state index >= 15 is 0 Å². The van der Waals surface area contributed by atoms with Crippen LogP contribution in [0.5, 0.6) is 0 Å². The lowest BCUT2D eigenvalue weighted by molar-refractivity contribution is -0.131. The molecule has 182 valence electrons. The van der Waals surface area contributed by atoms with Gasteiger partial charge >= 0.3 is 7.12 Å². The number of carbonyl (C=O) groups excluding carboxylic acids is 3. The fourth-order valence-corrected chi connectivity index (χ4v) is 3.63. The first-order chi connectivity index (χ1) is 15.5. The molecule has 1 heterocycles. The van der Waals surface area contributed by atoms with E-state index in [2.05, 4.69) is 10.6 Å². The molecule has 3 amide bonds. The number of carbonyl (C=O) groups is 3. The molecule has 0 spiro atoms. The molecule has 1 aliphatic heterocycles. The number of hydrogen-bond acceptors (Lipinski definition) is 8. The van der Waals surface area contributed by atoms with Crippen LogP contribution in [-0.2, 0) is 24.6 Å². The molecule has 0 saturated carbocycles. The van der Waals surface area contributed by atoms with Crippen LogP contribution in [0, 0.1) is 5.82 Å². The van der Waals surface area contributed by atoms with Gasteiger partial charge < -0.3 is 42.4 Å². The number of halogens is 1. The van der Waals surface area contributed by atoms with E-state index in [9.17, 15) is 23.8 Å². The number of amides is 3.